The Morgan fingerprint density at radius 2 is 2.22 bits per heavy atom. The van der Waals surface area contributed by atoms with Gasteiger partial charge in [0.25, 0.3) is 0 Å². The molecule has 9 heavy (non-hydrogen) atoms. The van der Waals surface area contributed by atoms with Crippen molar-refractivity contribution in [3.63, 3.8) is 0 Å². The molecule has 0 amide bonds. The van der Waals surface area contributed by atoms with Crippen LogP contribution in [0.2, 0.25) is 0 Å². The van der Waals surface area contributed by atoms with E-state index in [9.17, 15) is 9.18 Å². The minimum Gasteiger partial charge on any atom is -0.326 e. The first-order valence-electron chi connectivity index (χ1n) is 2.24. The van der Waals surface area contributed by atoms with Crippen LogP contribution >= 0.6 is 15.9 Å². The third kappa shape index (κ3) is 1.64. The van der Waals surface area contributed by atoms with Gasteiger partial charge in [-0.1, -0.05) is 0 Å². The zero-order valence-corrected chi connectivity index (χ0v) is 5.90. The van der Waals surface area contributed by atoms with Crippen molar-refractivity contribution in [3.8, 4) is 0 Å². The molecule has 0 unspecified atom stereocenters. The van der Waals surface area contributed by atoms with Crippen LogP contribution < -0.4 is 5.43 Å². The highest BCUT2D eigenvalue weighted by molar-refractivity contribution is 9.10. The Balaban J connectivity index is 3.33. The molecule has 0 aliphatic carbocycles. The molecule has 0 aliphatic heterocycles. The molecule has 1 aromatic rings. The molecule has 1 aromatic heterocycles. The summed E-state index contributed by atoms with van der Waals surface area (Å²) in [7, 11) is 0. The van der Waals surface area contributed by atoms with Crippen LogP contribution in [0.15, 0.2) is 21.5 Å². The van der Waals surface area contributed by atoms with Crippen LogP contribution in [0.4, 0.5) is 4.39 Å². The summed E-state index contributed by atoms with van der Waals surface area (Å²) in [5.41, 5.74) is -0.349. The molecule has 48 valence electrons. The van der Waals surface area contributed by atoms with E-state index in [-0.39, 0.29) is 5.43 Å². The number of rotatable bonds is 0. The maximum Gasteiger partial charge on any atom is 0.195 e. The Labute approximate surface area is 58.8 Å². The SMILES string of the molecule is O=c1cc(F)[nH]c(Br)c1. The fraction of sp³-hybridized carbons (Fsp3) is 0. The van der Waals surface area contributed by atoms with E-state index >= 15 is 0 Å². The molecule has 2 nitrogen and oxygen atoms in total. The highest BCUT2D eigenvalue weighted by Gasteiger charge is 1.91. The second-order valence-corrected chi connectivity index (χ2v) is 2.37. The maximum absolute atomic E-state index is 12.1. The largest absolute Gasteiger partial charge is 0.326 e. The monoisotopic (exact) mass is 191 g/mol. The van der Waals surface area contributed by atoms with Crippen LogP contribution in [0, 0.1) is 5.95 Å². The van der Waals surface area contributed by atoms with Crippen molar-refractivity contribution in [2.45, 2.75) is 0 Å². The lowest BCUT2D eigenvalue weighted by molar-refractivity contribution is 0.579. The summed E-state index contributed by atoms with van der Waals surface area (Å²) in [6.07, 6.45) is 0. The van der Waals surface area contributed by atoms with Gasteiger partial charge in [0.1, 0.15) is 0 Å². The number of H-pyrrole nitrogens is 1. The summed E-state index contributed by atoms with van der Waals surface area (Å²) in [5, 5.41) is 0. The highest BCUT2D eigenvalue weighted by atomic mass is 79.9. The molecule has 1 heterocycles. The average Bonchev–Trinajstić information content (AvgIpc) is 1.59. The molecule has 4 heteroatoms. The number of halogens is 2. The summed E-state index contributed by atoms with van der Waals surface area (Å²) < 4.78 is 12.5. The number of hydrogen-bond acceptors (Lipinski definition) is 1. The van der Waals surface area contributed by atoms with Crippen molar-refractivity contribution in [2.24, 2.45) is 0 Å². The van der Waals surface area contributed by atoms with Crippen molar-refractivity contribution < 1.29 is 4.39 Å². The van der Waals surface area contributed by atoms with Crippen molar-refractivity contribution in [3.05, 3.63) is 32.9 Å². The minimum atomic E-state index is -0.630. The fourth-order valence-electron chi connectivity index (χ4n) is 0.478. The molecule has 0 atom stereocenters. The summed E-state index contributed by atoms with van der Waals surface area (Å²) in [6.45, 7) is 0. The third-order valence-corrected chi connectivity index (χ3v) is 1.20. The molecule has 0 aliphatic rings. The molecule has 1 N–H and O–H groups in total. The Bertz CT molecular complexity index is 247. The van der Waals surface area contributed by atoms with E-state index < -0.39 is 5.95 Å². The van der Waals surface area contributed by atoms with Gasteiger partial charge >= 0.3 is 0 Å². The smallest absolute Gasteiger partial charge is 0.195 e. The van der Waals surface area contributed by atoms with E-state index in [1.807, 2.05) is 0 Å². The van der Waals surface area contributed by atoms with Gasteiger partial charge in [-0.3, -0.25) is 4.79 Å². The topological polar surface area (TPSA) is 32.9 Å². The van der Waals surface area contributed by atoms with Crippen molar-refractivity contribution >= 4 is 15.9 Å². The highest BCUT2D eigenvalue weighted by Crippen LogP contribution is 2.00. The van der Waals surface area contributed by atoms with E-state index in [1.165, 1.54) is 6.07 Å². The van der Waals surface area contributed by atoms with Gasteiger partial charge < -0.3 is 4.98 Å². The molecular weight excluding hydrogens is 189 g/mol. The van der Waals surface area contributed by atoms with Crippen LogP contribution in [0.3, 0.4) is 0 Å². The Morgan fingerprint density at radius 3 is 2.67 bits per heavy atom. The zero-order valence-electron chi connectivity index (χ0n) is 4.32. The number of nitrogens with one attached hydrogen (secondary N) is 1. The van der Waals surface area contributed by atoms with Gasteiger partial charge in [-0.05, 0) is 15.9 Å². The minimum absolute atomic E-state index is 0.349. The predicted molar refractivity (Wildman–Crippen MR) is 34.7 cm³/mol. The molecule has 0 bridgehead atoms. The van der Waals surface area contributed by atoms with Crippen LogP contribution in [-0.2, 0) is 0 Å². The number of aromatic nitrogens is 1. The second-order valence-electron chi connectivity index (χ2n) is 1.51. The maximum atomic E-state index is 12.1. The molecule has 0 saturated carbocycles. The molecule has 0 spiro atoms. The summed E-state index contributed by atoms with van der Waals surface area (Å²) in [6, 6.07) is 2.13. The molecule has 0 aromatic carbocycles. The van der Waals surface area contributed by atoms with Crippen LogP contribution in [0.25, 0.3) is 0 Å². The summed E-state index contributed by atoms with van der Waals surface area (Å²) in [4.78, 5) is 12.7. The fourth-order valence-corrected chi connectivity index (χ4v) is 0.893. The molecule has 0 saturated heterocycles. The lowest BCUT2D eigenvalue weighted by atomic mass is 10.5. The van der Waals surface area contributed by atoms with Gasteiger partial charge in [-0.2, -0.15) is 4.39 Å². The molecule has 1 rings (SSSR count). The van der Waals surface area contributed by atoms with Crippen LogP contribution in [0.1, 0.15) is 0 Å². The Morgan fingerprint density at radius 1 is 1.56 bits per heavy atom. The average molecular weight is 192 g/mol. The number of aromatic amines is 1. The Hall–Kier alpha value is -0.640. The first kappa shape index (κ1) is 6.48. The van der Waals surface area contributed by atoms with Crippen molar-refractivity contribution in [2.75, 3.05) is 0 Å². The van der Waals surface area contributed by atoms with Crippen molar-refractivity contribution in [1.29, 1.82) is 0 Å². The van der Waals surface area contributed by atoms with Gasteiger partial charge in [0.05, 0.1) is 4.60 Å². The standard InChI is InChI=1S/C5H3BrFNO/c6-4-1-3(9)2-5(7)8-4/h1-2H,(H,8,9). The van der Waals surface area contributed by atoms with Gasteiger partial charge in [0, 0.05) is 12.1 Å². The van der Waals surface area contributed by atoms with Gasteiger partial charge in [-0.15, -0.1) is 0 Å². The summed E-state index contributed by atoms with van der Waals surface area (Å²) in [5.74, 6) is -0.630. The second kappa shape index (κ2) is 2.31. The summed E-state index contributed by atoms with van der Waals surface area (Å²) >= 11 is 2.92. The number of hydrogen-bond donors (Lipinski definition) is 1. The predicted octanol–water partition coefficient (Wildman–Crippen LogP) is 1.28. The normalized spacial score (nSPS) is 9.56. The lowest BCUT2D eigenvalue weighted by Crippen LogP contribution is -1.99. The lowest BCUT2D eigenvalue weighted by Gasteiger charge is -1.87. The van der Waals surface area contributed by atoms with Gasteiger partial charge in [0.15, 0.2) is 11.4 Å². The van der Waals surface area contributed by atoms with Crippen LogP contribution in [0.5, 0.6) is 0 Å². The van der Waals surface area contributed by atoms with E-state index in [2.05, 4.69) is 20.9 Å². The van der Waals surface area contributed by atoms with E-state index in [0.29, 0.717) is 4.60 Å². The van der Waals surface area contributed by atoms with Crippen LogP contribution in [-0.4, -0.2) is 4.98 Å². The molecule has 0 radical (unpaired) electrons. The zero-order chi connectivity index (χ0) is 6.85. The van der Waals surface area contributed by atoms with E-state index in [4.69, 9.17) is 0 Å². The van der Waals surface area contributed by atoms with Crippen molar-refractivity contribution in [1.82, 2.24) is 4.98 Å². The third-order valence-electron chi connectivity index (χ3n) is 0.777. The first-order chi connectivity index (χ1) is 4.18. The number of pyridine rings is 1. The van der Waals surface area contributed by atoms with Gasteiger partial charge in [0.2, 0.25) is 0 Å². The van der Waals surface area contributed by atoms with E-state index in [1.54, 1.807) is 0 Å². The molecule has 0 fully saturated rings. The first-order valence-corrected chi connectivity index (χ1v) is 3.03. The van der Waals surface area contributed by atoms with Gasteiger partial charge in [-0.25, -0.2) is 0 Å². The van der Waals surface area contributed by atoms with E-state index in [0.717, 1.165) is 6.07 Å². The quantitative estimate of drug-likeness (QED) is 0.617. The molecular formula is C5H3BrFNO. The Kier molecular flexibility index (Phi) is 1.66.